The third-order valence-electron chi connectivity index (χ3n) is 7.75. The van der Waals surface area contributed by atoms with Gasteiger partial charge in [-0.25, -0.2) is 0 Å². The Bertz CT molecular complexity index is 1450. The fraction of sp³-hybridized carbons (Fsp3) is 0.323. The lowest BCUT2D eigenvalue weighted by atomic mass is 9.96. The number of carbonyl (C=O) groups excluding carboxylic acids is 1. The van der Waals surface area contributed by atoms with Gasteiger partial charge in [0.05, 0.1) is 11.7 Å². The molecule has 1 saturated carbocycles. The Hall–Kier alpha value is -3.61. The van der Waals surface area contributed by atoms with Crippen molar-refractivity contribution in [3.05, 3.63) is 89.1 Å². The molecule has 1 saturated heterocycles. The van der Waals surface area contributed by atoms with Crippen LogP contribution in [-0.2, 0) is 6.54 Å². The number of nitrogens with one attached hydrogen (secondary N) is 1. The molecule has 1 aromatic heterocycles. The number of nitrogens with zero attached hydrogens (tertiary/aromatic N) is 4. The lowest BCUT2D eigenvalue weighted by molar-refractivity contribution is 0.102. The Balaban J connectivity index is 1.24. The van der Waals surface area contributed by atoms with E-state index in [0.29, 0.717) is 11.5 Å². The minimum Gasteiger partial charge on any atom is -0.322 e. The quantitative estimate of drug-likeness (QED) is 0.387. The van der Waals surface area contributed by atoms with Gasteiger partial charge in [-0.1, -0.05) is 30.3 Å². The zero-order valence-corrected chi connectivity index (χ0v) is 21.6. The highest BCUT2D eigenvalue weighted by Crippen LogP contribution is 2.43. The molecule has 0 unspecified atom stereocenters. The number of rotatable bonds is 6. The number of likely N-dealkylation sites (N-methyl/N-ethyl adjacent to an activating group) is 1. The first-order valence-electron chi connectivity index (χ1n) is 13.2. The monoisotopic (exact) mass is 491 g/mol. The van der Waals surface area contributed by atoms with Crippen LogP contribution in [0.4, 0.5) is 5.69 Å². The van der Waals surface area contributed by atoms with E-state index in [4.69, 9.17) is 0 Å². The Labute approximate surface area is 218 Å². The summed E-state index contributed by atoms with van der Waals surface area (Å²) in [7, 11) is 2.19. The summed E-state index contributed by atoms with van der Waals surface area (Å²) in [5.41, 5.74) is 8.23. The van der Waals surface area contributed by atoms with Crippen molar-refractivity contribution in [2.75, 3.05) is 38.5 Å². The van der Waals surface area contributed by atoms with Crippen molar-refractivity contribution in [3.8, 4) is 11.1 Å². The predicted molar refractivity (Wildman–Crippen MR) is 149 cm³/mol. The zero-order chi connectivity index (χ0) is 25.4. The van der Waals surface area contributed by atoms with E-state index in [0.717, 1.165) is 66.0 Å². The number of fused-ring (bicyclic) bond motifs is 1. The molecule has 4 aromatic rings. The van der Waals surface area contributed by atoms with Crippen LogP contribution in [0.15, 0.2) is 66.9 Å². The van der Waals surface area contributed by atoms with Crippen LogP contribution in [-0.4, -0.2) is 59.1 Å². The van der Waals surface area contributed by atoms with Gasteiger partial charge in [0.15, 0.2) is 0 Å². The zero-order valence-electron chi connectivity index (χ0n) is 21.6. The summed E-state index contributed by atoms with van der Waals surface area (Å²) in [4.78, 5) is 18.3. The average Bonchev–Trinajstić information content (AvgIpc) is 3.76. The van der Waals surface area contributed by atoms with Gasteiger partial charge in [-0.05, 0) is 85.3 Å². The van der Waals surface area contributed by atoms with E-state index in [9.17, 15) is 4.79 Å². The van der Waals surface area contributed by atoms with E-state index in [-0.39, 0.29) is 5.91 Å². The molecule has 0 atom stereocenters. The maximum Gasteiger partial charge on any atom is 0.255 e. The summed E-state index contributed by atoms with van der Waals surface area (Å²) in [6, 6.07) is 20.3. The highest BCUT2D eigenvalue weighted by molar-refractivity contribution is 6.06. The van der Waals surface area contributed by atoms with Gasteiger partial charge in [-0.2, -0.15) is 10.2 Å². The molecular formula is C31H33N5O. The molecule has 3 aromatic carbocycles. The summed E-state index contributed by atoms with van der Waals surface area (Å²) in [6.07, 6.45) is 4.26. The molecule has 2 heterocycles. The van der Waals surface area contributed by atoms with Crippen molar-refractivity contribution in [2.24, 2.45) is 0 Å². The molecule has 6 nitrogen and oxygen atoms in total. The van der Waals surface area contributed by atoms with Gasteiger partial charge in [-0.3, -0.25) is 9.69 Å². The molecule has 2 aliphatic rings. The summed E-state index contributed by atoms with van der Waals surface area (Å²) >= 11 is 0. The van der Waals surface area contributed by atoms with E-state index in [1.165, 1.54) is 24.0 Å². The predicted octanol–water partition coefficient (Wildman–Crippen LogP) is 5.48. The van der Waals surface area contributed by atoms with Crippen molar-refractivity contribution in [1.29, 1.82) is 0 Å². The van der Waals surface area contributed by atoms with Crippen molar-refractivity contribution >= 4 is 22.5 Å². The van der Waals surface area contributed by atoms with Gasteiger partial charge in [0.1, 0.15) is 0 Å². The van der Waals surface area contributed by atoms with Crippen molar-refractivity contribution in [2.45, 2.75) is 32.2 Å². The van der Waals surface area contributed by atoms with E-state index in [1.807, 2.05) is 36.4 Å². The highest BCUT2D eigenvalue weighted by Gasteiger charge is 2.27. The SMILES string of the molecule is Cc1ccc(C(=O)Nc2ccc(CN3CCN(C)CC3)c(C3CC3)c2)cc1-c1cnnc2ccccc12. The molecule has 37 heavy (non-hydrogen) atoms. The molecule has 0 spiro atoms. The molecule has 1 amide bonds. The van der Waals surface area contributed by atoms with Crippen molar-refractivity contribution in [1.82, 2.24) is 20.0 Å². The van der Waals surface area contributed by atoms with E-state index < -0.39 is 0 Å². The minimum atomic E-state index is -0.0962. The molecule has 0 bridgehead atoms. The first kappa shape index (κ1) is 23.8. The van der Waals surface area contributed by atoms with Crippen LogP contribution in [0.25, 0.3) is 22.0 Å². The largest absolute Gasteiger partial charge is 0.322 e. The number of hydrogen-bond donors (Lipinski definition) is 1. The van der Waals surface area contributed by atoms with Crippen LogP contribution in [0, 0.1) is 6.92 Å². The number of amides is 1. The van der Waals surface area contributed by atoms with E-state index >= 15 is 0 Å². The molecule has 1 aliphatic carbocycles. The Morgan fingerprint density at radius 1 is 0.973 bits per heavy atom. The second-order valence-electron chi connectivity index (χ2n) is 10.5. The smallest absolute Gasteiger partial charge is 0.255 e. The molecule has 0 radical (unpaired) electrons. The topological polar surface area (TPSA) is 61.4 Å². The molecule has 6 rings (SSSR count). The normalized spacial score (nSPS) is 16.7. The lowest BCUT2D eigenvalue weighted by Crippen LogP contribution is -2.44. The standard InChI is InChI=1S/C31H33N5O/c1-21-7-8-23(17-27(21)29-19-32-34-30-6-4-3-5-26(29)30)31(37)33-25-12-11-24(28(18-25)22-9-10-22)20-36-15-13-35(2)14-16-36/h3-8,11-12,17-19,22H,9-10,13-16,20H2,1-2H3,(H,33,37). The Kier molecular flexibility index (Phi) is 6.45. The van der Waals surface area contributed by atoms with Crippen LogP contribution < -0.4 is 5.32 Å². The van der Waals surface area contributed by atoms with Crippen LogP contribution in [0.3, 0.4) is 0 Å². The number of piperazine rings is 1. The number of aromatic nitrogens is 2. The minimum absolute atomic E-state index is 0.0962. The number of aryl methyl sites for hydroxylation is 1. The molecule has 1 aliphatic heterocycles. The third-order valence-corrected chi connectivity index (χ3v) is 7.75. The maximum atomic E-state index is 13.3. The van der Waals surface area contributed by atoms with E-state index in [2.05, 4.69) is 63.6 Å². The summed E-state index contributed by atoms with van der Waals surface area (Å²) in [5.74, 6) is 0.527. The fourth-order valence-electron chi connectivity index (χ4n) is 5.32. The number of carbonyl (C=O) groups is 1. The first-order chi connectivity index (χ1) is 18.0. The number of benzene rings is 3. The molecule has 188 valence electrons. The number of anilines is 1. The average molecular weight is 492 g/mol. The Morgan fingerprint density at radius 2 is 1.78 bits per heavy atom. The van der Waals surface area contributed by atoms with Gasteiger partial charge in [-0.15, -0.1) is 0 Å². The van der Waals surface area contributed by atoms with Crippen LogP contribution in [0.5, 0.6) is 0 Å². The lowest BCUT2D eigenvalue weighted by Gasteiger charge is -2.32. The first-order valence-corrected chi connectivity index (χ1v) is 13.2. The van der Waals surface area contributed by atoms with Crippen LogP contribution in [0.2, 0.25) is 0 Å². The molecule has 1 N–H and O–H groups in total. The van der Waals surface area contributed by atoms with Gasteiger partial charge in [0.2, 0.25) is 0 Å². The molecule has 6 heteroatoms. The van der Waals surface area contributed by atoms with Gasteiger partial charge in [0.25, 0.3) is 5.91 Å². The Morgan fingerprint density at radius 3 is 2.59 bits per heavy atom. The molecular weight excluding hydrogens is 458 g/mol. The molecule has 2 fully saturated rings. The maximum absolute atomic E-state index is 13.3. The van der Waals surface area contributed by atoms with Gasteiger partial charge >= 0.3 is 0 Å². The second-order valence-corrected chi connectivity index (χ2v) is 10.5. The van der Waals surface area contributed by atoms with Gasteiger partial charge in [0, 0.05) is 54.9 Å². The van der Waals surface area contributed by atoms with Crippen LogP contribution in [0.1, 0.15) is 45.8 Å². The third kappa shape index (κ3) is 5.13. The number of hydrogen-bond acceptors (Lipinski definition) is 5. The summed E-state index contributed by atoms with van der Waals surface area (Å²) in [6.45, 7) is 7.51. The van der Waals surface area contributed by atoms with Crippen molar-refractivity contribution < 1.29 is 4.79 Å². The fourth-order valence-corrected chi connectivity index (χ4v) is 5.32. The van der Waals surface area contributed by atoms with E-state index in [1.54, 1.807) is 6.20 Å². The highest BCUT2D eigenvalue weighted by atomic mass is 16.1. The second kappa shape index (κ2) is 10.0. The van der Waals surface area contributed by atoms with Crippen molar-refractivity contribution in [3.63, 3.8) is 0 Å². The summed E-state index contributed by atoms with van der Waals surface area (Å²) < 4.78 is 0. The van der Waals surface area contributed by atoms with Crippen LogP contribution >= 0.6 is 0 Å². The van der Waals surface area contributed by atoms with Gasteiger partial charge < -0.3 is 10.2 Å². The summed E-state index contributed by atoms with van der Waals surface area (Å²) in [5, 5.41) is 12.6.